The van der Waals surface area contributed by atoms with Gasteiger partial charge in [-0.05, 0) is 36.2 Å². The normalized spacial score (nSPS) is 20.0. The number of alkyl halides is 1. The van der Waals surface area contributed by atoms with Gasteiger partial charge in [-0.25, -0.2) is 9.37 Å². The van der Waals surface area contributed by atoms with Crippen molar-refractivity contribution in [3.05, 3.63) is 53.5 Å². The molecule has 2 N–H and O–H groups in total. The van der Waals surface area contributed by atoms with Crippen LogP contribution in [0.4, 0.5) is 10.2 Å². The van der Waals surface area contributed by atoms with E-state index in [-0.39, 0.29) is 24.7 Å². The molecule has 0 saturated carbocycles. The number of anilines is 1. The smallest absolute Gasteiger partial charge is 0.275 e. The Balaban J connectivity index is 1.85. The third-order valence-electron chi connectivity index (χ3n) is 3.97. The Labute approximate surface area is 143 Å². The van der Waals surface area contributed by atoms with Gasteiger partial charge in [-0.3, -0.25) is 14.6 Å². The van der Waals surface area contributed by atoms with Gasteiger partial charge >= 0.3 is 0 Å². The molecule has 0 spiro atoms. The largest absolute Gasteiger partial charge is 0.369 e. The molecule has 0 bridgehead atoms. The minimum Gasteiger partial charge on any atom is -0.369 e. The molecule has 8 heteroatoms. The zero-order valence-corrected chi connectivity index (χ0v) is 13.6. The number of rotatable bonds is 4. The van der Waals surface area contributed by atoms with Crippen LogP contribution in [0.3, 0.4) is 0 Å². The van der Waals surface area contributed by atoms with Crippen LogP contribution in [-0.2, 0) is 15.1 Å². The van der Waals surface area contributed by atoms with Crippen molar-refractivity contribution >= 4 is 17.6 Å². The SMILES string of the molecule is Cc1cccnc1C(=O)Nc1cc(C2(CF)COCC(=O)N2)ccn1. The standard InChI is InChI=1S/C17H17FN4O3/c1-11-3-2-5-20-15(11)16(24)21-13-7-12(4-6-19-13)17(9-18)10-25-8-14(23)22-17/h2-7H,8-10H2,1H3,(H,22,23)(H,19,21,24). The van der Waals surface area contributed by atoms with E-state index in [0.29, 0.717) is 5.56 Å². The molecule has 3 rings (SSSR count). The molecule has 3 heterocycles. The third kappa shape index (κ3) is 3.48. The summed E-state index contributed by atoms with van der Waals surface area (Å²) in [6, 6.07) is 6.61. The van der Waals surface area contributed by atoms with E-state index in [1.54, 1.807) is 25.1 Å². The molecule has 1 atom stereocenters. The first-order chi connectivity index (χ1) is 12.0. The van der Waals surface area contributed by atoms with Crippen LogP contribution in [0.2, 0.25) is 0 Å². The van der Waals surface area contributed by atoms with Gasteiger partial charge in [0, 0.05) is 12.4 Å². The molecule has 7 nitrogen and oxygen atoms in total. The number of halogens is 1. The Bertz CT molecular complexity index is 814. The number of morpholine rings is 1. The number of nitrogens with one attached hydrogen (secondary N) is 2. The summed E-state index contributed by atoms with van der Waals surface area (Å²) in [4.78, 5) is 32.1. The number of hydrogen-bond acceptors (Lipinski definition) is 5. The number of pyridine rings is 2. The monoisotopic (exact) mass is 344 g/mol. The van der Waals surface area contributed by atoms with Crippen molar-refractivity contribution in [3.63, 3.8) is 0 Å². The fourth-order valence-corrected chi connectivity index (χ4v) is 2.66. The van der Waals surface area contributed by atoms with Gasteiger partial charge in [-0.1, -0.05) is 6.07 Å². The topological polar surface area (TPSA) is 93.2 Å². The van der Waals surface area contributed by atoms with E-state index < -0.39 is 24.0 Å². The molecule has 0 aliphatic carbocycles. The maximum atomic E-state index is 13.7. The first-order valence-corrected chi connectivity index (χ1v) is 7.68. The van der Waals surface area contributed by atoms with Crippen LogP contribution in [0.25, 0.3) is 0 Å². The number of aromatic nitrogens is 2. The lowest BCUT2D eigenvalue weighted by atomic mass is 9.91. The minimum absolute atomic E-state index is 0.00594. The van der Waals surface area contributed by atoms with E-state index in [1.165, 1.54) is 18.5 Å². The number of hydrogen-bond donors (Lipinski definition) is 2. The van der Waals surface area contributed by atoms with Crippen molar-refractivity contribution in [2.24, 2.45) is 0 Å². The summed E-state index contributed by atoms with van der Waals surface area (Å²) in [7, 11) is 0. The first kappa shape index (κ1) is 17.0. The summed E-state index contributed by atoms with van der Waals surface area (Å²) >= 11 is 0. The maximum Gasteiger partial charge on any atom is 0.275 e. The fourth-order valence-electron chi connectivity index (χ4n) is 2.66. The van der Waals surface area contributed by atoms with Gasteiger partial charge in [0.05, 0.1) is 6.61 Å². The number of ether oxygens (including phenoxy) is 1. The van der Waals surface area contributed by atoms with Crippen LogP contribution < -0.4 is 10.6 Å². The van der Waals surface area contributed by atoms with E-state index in [9.17, 15) is 14.0 Å². The molecule has 0 radical (unpaired) electrons. The van der Waals surface area contributed by atoms with E-state index in [4.69, 9.17) is 4.74 Å². The second-order valence-corrected chi connectivity index (χ2v) is 5.81. The maximum absolute atomic E-state index is 13.7. The van der Waals surface area contributed by atoms with Gasteiger partial charge in [0.2, 0.25) is 5.91 Å². The van der Waals surface area contributed by atoms with Crippen LogP contribution in [-0.4, -0.2) is 41.7 Å². The van der Waals surface area contributed by atoms with Crippen LogP contribution in [0.1, 0.15) is 21.6 Å². The minimum atomic E-state index is -1.28. The summed E-state index contributed by atoms with van der Waals surface area (Å²) < 4.78 is 18.9. The Hall–Kier alpha value is -2.87. The lowest BCUT2D eigenvalue weighted by molar-refractivity contribution is -0.136. The van der Waals surface area contributed by atoms with Gasteiger partial charge in [0.1, 0.15) is 30.3 Å². The highest BCUT2D eigenvalue weighted by Crippen LogP contribution is 2.26. The van der Waals surface area contributed by atoms with Gasteiger partial charge in [0.25, 0.3) is 5.91 Å². The van der Waals surface area contributed by atoms with Gasteiger partial charge in [-0.2, -0.15) is 0 Å². The molecule has 2 aromatic rings. The predicted molar refractivity (Wildman–Crippen MR) is 87.8 cm³/mol. The number of carbonyl (C=O) groups excluding carboxylic acids is 2. The van der Waals surface area contributed by atoms with Crippen molar-refractivity contribution in [1.29, 1.82) is 0 Å². The Kier molecular flexibility index (Phi) is 4.71. The summed E-state index contributed by atoms with van der Waals surface area (Å²) in [6.07, 6.45) is 2.97. The second kappa shape index (κ2) is 6.94. The summed E-state index contributed by atoms with van der Waals surface area (Å²) in [5.74, 6) is -0.573. The summed E-state index contributed by atoms with van der Waals surface area (Å²) in [5, 5.41) is 5.27. The molecule has 0 aromatic carbocycles. The van der Waals surface area contributed by atoms with Crippen molar-refractivity contribution in [3.8, 4) is 0 Å². The average Bonchev–Trinajstić information content (AvgIpc) is 2.62. The van der Waals surface area contributed by atoms with Crippen molar-refractivity contribution < 1.29 is 18.7 Å². The van der Waals surface area contributed by atoms with Gasteiger partial charge < -0.3 is 15.4 Å². The summed E-state index contributed by atoms with van der Waals surface area (Å²) in [6.45, 7) is 0.843. The highest BCUT2D eigenvalue weighted by atomic mass is 19.1. The Morgan fingerprint density at radius 1 is 1.40 bits per heavy atom. The molecule has 25 heavy (non-hydrogen) atoms. The van der Waals surface area contributed by atoms with Crippen molar-refractivity contribution in [2.45, 2.75) is 12.5 Å². The van der Waals surface area contributed by atoms with E-state index >= 15 is 0 Å². The molecule has 1 fully saturated rings. The van der Waals surface area contributed by atoms with Gasteiger partial charge in [-0.15, -0.1) is 0 Å². The molecule has 1 saturated heterocycles. The molecule has 2 amide bonds. The zero-order chi connectivity index (χ0) is 17.9. The lowest BCUT2D eigenvalue weighted by Gasteiger charge is -2.35. The van der Waals surface area contributed by atoms with E-state index in [0.717, 1.165) is 5.56 Å². The van der Waals surface area contributed by atoms with E-state index in [2.05, 4.69) is 20.6 Å². The first-order valence-electron chi connectivity index (χ1n) is 7.68. The molecule has 130 valence electrons. The highest BCUT2D eigenvalue weighted by molar-refractivity contribution is 6.03. The molecular formula is C17H17FN4O3. The highest BCUT2D eigenvalue weighted by Gasteiger charge is 2.38. The third-order valence-corrected chi connectivity index (χ3v) is 3.97. The van der Waals surface area contributed by atoms with Crippen LogP contribution in [0.5, 0.6) is 0 Å². The lowest BCUT2D eigenvalue weighted by Crippen LogP contribution is -2.56. The van der Waals surface area contributed by atoms with Crippen LogP contribution in [0.15, 0.2) is 36.7 Å². The predicted octanol–water partition coefficient (Wildman–Crippen LogP) is 1.35. The van der Waals surface area contributed by atoms with Crippen molar-refractivity contribution in [1.82, 2.24) is 15.3 Å². The molecular weight excluding hydrogens is 327 g/mol. The zero-order valence-electron chi connectivity index (χ0n) is 13.6. The molecule has 1 aliphatic rings. The number of amides is 2. The Morgan fingerprint density at radius 2 is 2.24 bits per heavy atom. The molecule has 1 aliphatic heterocycles. The number of nitrogens with zero attached hydrogens (tertiary/aromatic N) is 2. The Morgan fingerprint density at radius 3 is 2.96 bits per heavy atom. The van der Waals surface area contributed by atoms with Crippen LogP contribution >= 0.6 is 0 Å². The fraction of sp³-hybridized carbons (Fsp3) is 0.294. The second-order valence-electron chi connectivity index (χ2n) is 5.81. The summed E-state index contributed by atoms with van der Waals surface area (Å²) in [5.41, 5.74) is 0.193. The number of carbonyl (C=O) groups is 2. The number of aryl methyl sites for hydroxylation is 1. The van der Waals surface area contributed by atoms with Crippen molar-refractivity contribution in [2.75, 3.05) is 25.2 Å². The van der Waals surface area contributed by atoms with Gasteiger partial charge in [0.15, 0.2) is 0 Å². The van der Waals surface area contributed by atoms with Crippen LogP contribution in [0, 0.1) is 6.92 Å². The molecule has 2 aromatic heterocycles. The van der Waals surface area contributed by atoms with E-state index in [1.807, 2.05) is 0 Å². The molecule has 1 unspecified atom stereocenters. The average molecular weight is 344 g/mol. The quantitative estimate of drug-likeness (QED) is 0.873.